The molecule has 28 heavy (non-hydrogen) atoms. The Morgan fingerprint density at radius 2 is 1.93 bits per heavy atom. The van der Waals surface area contributed by atoms with Crippen LogP contribution in [0.15, 0.2) is 24.3 Å². The zero-order chi connectivity index (χ0) is 20.1. The second-order valence-electron chi connectivity index (χ2n) is 8.06. The molecule has 1 fully saturated rings. The van der Waals surface area contributed by atoms with Gasteiger partial charge < -0.3 is 18.8 Å². The Hall–Kier alpha value is -1.54. The van der Waals surface area contributed by atoms with Crippen molar-refractivity contribution >= 4 is 26.9 Å². The smallest absolute Gasteiger partial charge is 0.354 e. The highest BCUT2D eigenvalue weighted by Gasteiger charge is 2.18. The van der Waals surface area contributed by atoms with E-state index in [0.29, 0.717) is 19.0 Å². The number of hydrogen-bond donors (Lipinski definition) is 0. The topological polar surface area (TPSA) is 52.9 Å². The number of benzene rings is 1. The van der Waals surface area contributed by atoms with Crippen LogP contribution in [0.2, 0.25) is 0 Å². The van der Waals surface area contributed by atoms with Crippen molar-refractivity contribution in [2.24, 2.45) is 0 Å². The van der Waals surface area contributed by atoms with E-state index in [0.717, 1.165) is 49.5 Å². The molecule has 0 aliphatic carbocycles. The van der Waals surface area contributed by atoms with Crippen LogP contribution in [0.4, 0.5) is 0 Å². The van der Waals surface area contributed by atoms with E-state index in [-0.39, 0.29) is 5.97 Å². The molecule has 0 bridgehead atoms. The summed E-state index contributed by atoms with van der Waals surface area (Å²) in [5.74, 6) is 0.707. The fourth-order valence-electron chi connectivity index (χ4n) is 3.29. The summed E-state index contributed by atoms with van der Waals surface area (Å²) < 4.78 is 18.3. The van der Waals surface area contributed by atoms with Gasteiger partial charge >= 0.3 is 5.97 Å². The second-order valence-corrected chi connectivity index (χ2v) is 12.7. The minimum atomic E-state index is -0.604. The summed E-state index contributed by atoms with van der Waals surface area (Å²) in [6.07, 6.45) is 6.83. The molecule has 1 saturated heterocycles. The number of hydrogen-bond acceptors (Lipinski definition) is 5. The fraction of sp³-hybridized carbons (Fsp3) is 0.571. The maximum absolute atomic E-state index is 12.3. The van der Waals surface area contributed by atoms with Gasteiger partial charge in [0, 0.05) is 30.8 Å². The molecule has 0 atom stereocenters. The first kappa shape index (κ1) is 21.2. The van der Waals surface area contributed by atoms with Gasteiger partial charge in [0.1, 0.15) is 12.4 Å². The number of esters is 1. The van der Waals surface area contributed by atoms with Crippen molar-refractivity contribution in [1.29, 1.82) is 0 Å². The van der Waals surface area contributed by atoms with Crippen molar-refractivity contribution < 1.29 is 19.0 Å². The Bertz CT molecular complexity index is 807. The summed E-state index contributed by atoms with van der Waals surface area (Å²) in [5, 5.41) is 1.02. The molecule has 1 aliphatic heterocycles. The number of carbonyl (C=O) groups excluding carboxylic acids is 1. The molecule has 156 valence electrons. The summed E-state index contributed by atoms with van der Waals surface area (Å²) in [7, 11) is 0.811. The van der Waals surface area contributed by atoms with Gasteiger partial charge in [-0.1, -0.05) is 12.1 Å². The summed E-state index contributed by atoms with van der Waals surface area (Å²) in [6, 6.07) is 8.26. The Morgan fingerprint density at radius 1 is 1.18 bits per heavy atom. The largest absolute Gasteiger partial charge is 0.464 e. The predicted molar refractivity (Wildman–Crippen MR) is 116 cm³/mol. The lowest BCUT2D eigenvalue weighted by molar-refractivity contribution is 0.0342. The fourth-order valence-corrected chi connectivity index (χ4v) is 3.91. The van der Waals surface area contributed by atoms with Crippen LogP contribution in [0.25, 0.3) is 10.9 Å². The minimum absolute atomic E-state index is 0.337. The zero-order valence-corrected chi connectivity index (χ0v) is 18.2. The van der Waals surface area contributed by atoms with Gasteiger partial charge in [0.25, 0.3) is 0 Å². The molecule has 0 N–H and O–H groups in total. The van der Waals surface area contributed by atoms with Crippen LogP contribution in [0.1, 0.15) is 16.1 Å². The molecule has 0 saturated carbocycles. The van der Waals surface area contributed by atoms with E-state index in [1.807, 2.05) is 10.6 Å². The third-order valence-corrected chi connectivity index (χ3v) is 6.32. The summed E-state index contributed by atoms with van der Waals surface area (Å²) in [4.78, 5) is 14.7. The van der Waals surface area contributed by atoms with Crippen LogP contribution in [0.3, 0.4) is 0 Å². The van der Waals surface area contributed by atoms with Gasteiger partial charge in [-0.05, 0) is 36.5 Å². The molecule has 1 aliphatic rings. The van der Waals surface area contributed by atoms with E-state index in [1.54, 1.807) is 0 Å². The third kappa shape index (κ3) is 5.50. The van der Waals surface area contributed by atoms with Crippen LogP contribution in [-0.4, -0.2) is 80.0 Å². The predicted octanol–water partition coefficient (Wildman–Crippen LogP) is 2.93. The molecule has 1 aromatic carbocycles. The standard InChI is InChI=1S/C21H32N2O4S/c1-25-21(24)20-14-18-6-5-17(15-22-7-9-26-10-8-22)13-19(18)23(20)16-27-11-12-28(2,3)4/h5-6,13-14H,7-12,15-16H2,1-4H3. The zero-order valence-electron chi connectivity index (χ0n) is 17.4. The lowest BCUT2D eigenvalue weighted by Gasteiger charge is -2.26. The number of aromatic nitrogens is 1. The molecule has 7 heteroatoms. The quantitative estimate of drug-likeness (QED) is 0.497. The van der Waals surface area contributed by atoms with Gasteiger partial charge in [-0.25, -0.2) is 14.8 Å². The summed E-state index contributed by atoms with van der Waals surface area (Å²) in [5.41, 5.74) is 2.77. The Kier molecular flexibility index (Phi) is 7.04. The van der Waals surface area contributed by atoms with Crippen LogP contribution < -0.4 is 0 Å². The number of methoxy groups -OCH3 is 1. The maximum atomic E-state index is 12.3. The van der Waals surface area contributed by atoms with Crippen molar-refractivity contribution in [2.75, 3.05) is 64.5 Å². The van der Waals surface area contributed by atoms with Gasteiger partial charge in [-0.15, -0.1) is 0 Å². The molecular weight excluding hydrogens is 376 g/mol. The van der Waals surface area contributed by atoms with Crippen molar-refractivity contribution in [3.8, 4) is 0 Å². The molecule has 2 heterocycles. The number of morpholine rings is 1. The average Bonchev–Trinajstić information content (AvgIpc) is 3.02. The molecule has 6 nitrogen and oxygen atoms in total. The van der Waals surface area contributed by atoms with Crippen LogP contribution in [0, 0.1) is 0 Å². The van der Waals surface area contributed by atoms with Crippen LogP contribution in [-0.2, 0) is 27.5 Å². The van der Waals surface area contributed by atoms with E-state index in [4.69, 9.17) is 14.2 Å². The van der Waals surface area contributed by atoms with E-state index in [1.165, 1.54) is 12.7 Å². The van der Waals surface area contributed by atoms with Crippen molar-refractivity contribution in [1.82, 2.24) is 9.47 Å². The minimum Gasteiger partial charge on any atom is -0.464 e. The molecule has 3 rings (SSSR count). The average molecular weight is 409 g/mol. The Morgan fingerprint density at radius 3 is 2.61 bits per heavy atom. The third-order valence-electron chi connectivity index (χ3n) is 4.93. The molecule has 0 amide bonds. The molecule has 1 aromatic heterocycles. The molecular formula is C21H32N2O4S. The molecule has 0 spiro atoms. The maximum Gasteiger partial charge on any atom is 0.354 e. The summed E-state index contributed by atoms with van der Waals surface area (Å²) >= 11 is 0. The summed E-state index contributed by atoms with van der Waals surface area (Å²) in [6.45, 7) is 5.39. The normalized spacial score (nSPS) is 16.4. The number of carbonyl (C=O) groups is 1. The SMILES string of the molecule is COC(=O)c1cc2ccc(CN3CCOCC3)cc2n1COCCS(C)(C)C. The van der Waals surface area contributed by atoms with Gasteiger partial charge in [-0.3, -0.25) is 4.90 Å². The van der Waals surface area contributed by atoms with Crippen LogP contribution in [0.5, 0.6) is 0 Å². The number of ether oxygens (including phenoxy) is 3. The molecule has 2 aromatic rings. The first-order chi connectivity index (χ1) is 13.4. The number of fused-ring (bicyclic) bond motifs is 1. The monoisotopic (exact) mass is 408 g/mol. The van der Waals surface area contributed by atoms with Gasteiger partial charge in [-0.2, -0.15) is 0 Å². The highest BCUT2D eigenvalue weighted by molar-refractivity contribution is 8.32. The highest BCUT2D eigenvalue weighted by atomic mass is 32.3. The van der Waals surface area contributed by atoms with Crippen molar-refractivity contribution in [3.63, 3.8) is 0 Å². The van der Waals surface area contributed by atoms with E-state index < -0.39 is 10.0 Å². The van der Waals surface area contributed by atoms with Gasteiger partial charge in [0.2, 0.25) is 0 Å². The van der Waals surface area contributed by atoms with Crippen molar-refractivity contribution in [2.45, 2.75) is 13.3 Å². The molecule has 0 radical (unpaired) electrons. The lowest BCUT2D eigenvalue weighted by Crippen LogP contribution is -2.35. The first-order valence-electron chi connectivity index (χ1n) is 9.62. The Labute approximate surface area is 169 Å². The molecule has 0 unspecified atom stereocenters. The van der Waals surface area contributed by atoms with E-state index in [9.17, 15) is 4.79 Å². The van der Waals surface area contributed by atoms with Crippen molar-refractivity contribution in [3.05, 3.63) is 35.5 Å². The number of rotatable bonds is 8. The van der Waals surface area contributed by atoms with Gasteiger partial charge in [0.05, 0.1) is 32.4 Å². The second kappa shape index (κ2) is 9.31. The van der Waals surface area contributed by atoms with Gasteiger partial charge in [0.15, 0.2) is 0 Å². The van der Waals surface area contributed by atoms with Crippen LogP contribution >= 0.6 is 10.0 Å². The van der Waals surface area contributed by atoms with E-state index >= 15 is 0 Å². The highest BCUT2D eigenvalue weighted by Crippen LogP contribution is 2.33. The Balaban J connectivity index is 1.81. The van der Waals surface area contributed by atoms with E-state index in [2.05, 4.69) is 41.9 Å². The number of nitrogens with zero attached hydrogens (tertiary/aromatic N) is 2. The first-order valence-corrected chi connectivity index (χ1v) is 12.6. The lowest BCUT2D eigenvalue weighted by atomic mass is 10.1.